The van der Waals surface area contributed by atoms with Gasteiger partial charge >= 0.3 is 5.97 Å². The normalized spacial score (nSPS) is 11.1. The highest BCUT2D eigenvalue weighted by atomic mass is 16.5. The predicted octanol–water partition coefficient (Wildman–Crippen LogP) is 3.94. The number of aryl methyl sites for hydroxylation is 1. The van der Waals surface area contributed by atoms with Gasteiger partial charge in [0.25, 0.3) is 0 Å². The Morgan fingerprint density at radius 3 is 2.86 bits per heavy atom. The maximum absolute atomic E-state index is 12.1. The van der Waals surface area contributed by atoms with Gasteiger partial charge in [-0.2, -0.15) is 0 Å². The summed E-state index contributed by atoms with van der Waals surface area (Å²) in [6.07, 6.45) is 5.50. The lowest BCUT2D eigenvalue weighted by Crippen LogP contribution is -2.04. The van der Waals surface area contributed by atoms with Crippen molar-refractivity contribution in [2.24, 2.45) is 12.0 Å². The fourth-order valence-corrected chi connectivity index (χ4v) is 2.95. The number of anilines is 1. The van der Waals surface area contributed by atoms with E-state index in [1.165, 1.54) is 0 Å². The molecule has 0 saturated heterocycles. The number of fused-ring (bicyclic) bond motifs is 1. The van der Waals surface area contributed by atoms with Gasteiger partial charge in [0.1, 0.15) is 11.4 Å². The number of aliphatic imine (C=N–C) groups is 1. The summed E-state index contributed by atoms with van der Waals surface area (Å²) < 4.78 is 12.3. The molecule has 0 aliphatic rings. The molecule has 0 unspecified atom stereocenters. The van der Waals surface area contributed by atoms with Crippen molar-refractivity contribution in [1.82, 2.24) is 9.55 Å². The lowest BCUT2D eigenvalue weighted by molar-refractivity contribution is 0.0526. The van der Waals surface area contributed by atoms with Crippen LogP contribution in [0.2, 0.25) is 0 Å². The number of nitrogens with one attached hydrogen (secondary N) is 1. The maximum Gasteiger partial charge on any atom is 0.338 e. The van der Waals surface area contributed by atoms with Crippen molar-refractivity contribution in [3.63, 3.8) is 0 Å². The van der Waals surface area contributed by atoms with Gasteiger partial charge in [-0.15, -0.1) is 0 Å². The number of pyridine rings is 1. The lowest BCUT2D eigenvalue weighted by atomic mass is 10.1. The number of benzene rings is 1. The van der Waals surface area contributed by atoms with Crippen molar-refractivity contribution in [3.05, 3.63) is 47.8 Å². The highest BCUT2D eigenvalue weighted by molar-refractivity contribution is 6.01. The van der Waals surface area contributed by atoms with Crippen molar-refractivity contribution in [3.8, 4) is 5.75 Å². The van der Waals surface area contributed by atoms with Crippen LogP contribution in [-0.4, -0.2) is 42.0 Å². The molecular formula is C21H24N4O3. The molecule has 0 fully saturated rings. The van der Waals surface area contributed by atoms with Crippen LogP contribution < -0.4 is 10.1 Å². The first-order chi connectivity index (χ1) is 13.6. The van der Waals surface area contributed by atoms with Gasteiger partial charge in [-0.3, -0.25) is 4.99 Å². The highest BCUT2D eigenvalue weighted by Gasteiger charge is 2.11. The van der Waals surface area contributed by atoms with Crippen LogP contribution in [-0.2, 0) is 11.8 Å². The Morgan fingerprint density at radius 1 is 1.32 bits per heavy atom. The number of hydrogen-bond acceptors (Lipinski definition) is 6. The topological polar surface area (TPSA) is 77.7 Å². The molecule has 2 heterocycles. The number of carbonyl (C=O) groups is 1. The summed E-state index contributed by atoms with van der Waals surface area (Å²) in [5.41, 5.74) is 3.74. The Bertz CT molecular complexity index is 1020. The average Bonchev–Trinajstić information content (AvgIpc) is 3.08. The van der Waals surface area contributed by atoms with E-state index in [0.29, 0.717) is 23.6 Å². The van der Waals surface area contributed by atoms with Crippen LogP contribution in [0.25, 0.3) is 11.0 Å². The van der Waals surface area contributed by atoms with Crippen LogP contribution in [0.4, 0.5) is 11.4 Å². The molecule has 3 rings (SSSR count). The molecule has 3 aromatic rings. The molecule has 2 aromatic heterocycles. The molecule has 7 heteroatoms. The summed E-state index contributed by atoms with van der Waals surface area (Å²) >= 11 is 0. The number of esters is 1. The lowest BCUT2D eigenvalue weighted by Gasteiger charge is -2.10. The van der Waals surface area contributed by atoms with E-state index in [1.54, 1.807) is 44.6 Å². The third kappa shape index (κ3) is 3.98. The molecule has 7 nitrogen and oxygen atoms in total. The molecule has 0 aliphatic heterocycles. The quantitative estimate of drug-likeness (QED) is 0.496. The van der Waals surface area contributed by atoms with E-state index in [2.05, 4.69) is 15.3 Å². The van der Waals surface area contributed by atoms with E-state index < -0.39 is 5.97 Å². The minimum atomic E-state index is -0.404. The Hall–Kier alpha value is -3.35. The number of carbonyl (C=O) groups excluding carboxylic acids is 1. The molecule has 1 N–H and O–H groups in total. The van der Waals surface area contributed by atoms with E-state index >= 15 is 0 Å². The second-order valence-electron chi connectivity index (χ2n) is 6.18. The van der Waals surface area contributed by atoms with E-state index in [4.69, 9.17) is 9.47 Å². The summed E-state index contributed by atoms with van der Waals surface area (Å²) in [6, 6.07) is 7.11. The third-order valence-electron chi connectivity index (χ3n) is 4.27. The Labute approximate surface area is 164 Å². The molecule has 0 radical (unpaired) electrons. The summed E-state index contributed by atoms with van der Waals surface area (Å²) in [5, 5.41) is 4.43. The van der Waals surface area contributed by atoms with Crippen molar-refractivity contribution in [2.45, 2.75) is 13.8 Å². The van der Waals surface area contributed by atoms with Crippen LogP contribution in [0, 0.1) is 0 Å². The summed E-state index contributed by atoms with van der Waals surface area (Å²) in [6.45, 7) is 4.90. The van der Waals surface area contributed by atoms with Crippen molar-refractivity contribution < 1.29 is 14.3 Å². The minimum Gasteiger partial charge on any atom is -0.497 e. The van der Waals surface area contributed by atoms with Gasteiger partial charge in [0.15, 0.2) is 0 Å². The molecule has 0 bridgehead atoms. The SMILES string of the molecule is CCNc1c(C=Nc2cc(OC)cc(C(=O)OCC)c2)cnc2c1ccn2C. The smallest absolute Gasteiger partial charge is 0.338 e. The maximum atomic E-state index is 12.1. The van der Waals surface area contributed by atoms with Gasteiger partial charge in [-0.1, -0.05) is 0 Å². The number of aromatic nitrogens is 2. The Kier molecular flexibility index (Phi) is 5.93. The van der Waals surface area contributed by atoms with Gasteiger partial charge in [0.05, 0.1) is 30.7 Å². The standard InChI is InChI=1S/C21H24N4O3/c1-5-22-19-15(13-24-20-18(19)7-8-25(20)3)12-23-16-9-14(21(26)28-6-2)10-17(11-16)27-4/h7-13H,5-6H2,1-4H3,(H,22,24). The molecule has 146 valence electrons. The Balaban J connectivity index is 2.00. The number of nitrogens with zero attached hydrogens (tertiary/aromatic N) is 3. The highest BCUT2D eigenvalue weighted by Crippen LogP contribution is 2.27. The number of rotatable bonds is 7. The summed E-state index contributed by atoms with van der Waals surface area (Å²) in [5.74, 6) is 0.139. The molecule has 0 amide bonds. The van der Waals surface area contributed by atoms with Crippen molar-refractivity contribution in [1.29, 1.82) is 0 Å². The number of hydrogen-bond donors (Lipinski definition) is 1. The first-order valence-electron chi connectivity index (χ1n) is 9.15. The second-order valence-corrected chi connectivity index (χ2v) is 6.18. The van der Waals surface area contributed by atoms with E-state index in [0.717, 1.165) is 28.8 Å². The van der Waals surface area contributed by atoms with Crippen LogP contribution >= 0.6 is 0 Å². The molecule has 0 spiro atoms. The first-order valence-corrected chi connectivity index (χ1v) is 9.15. The van der Waals surface area contributed by atoms with Crippen LogP contribution in [0.1, 0.15) is 29.8 Å². The fraction of sp³-hybridized carbons (Fsp3) is 0.286. The van der Waals surface area contributed by atoms with Crippen molar-refractivity contribution in [2.75, 3.05) is 25.6 Å². The summed E-state index contributed by atoms with van der Waals surface area (Å²) in [7, 11) is 3.51. The zero-order valence-electron chi connectivity index (χ0n) is 16.5. The van der Waals surface area contributed by atoms with Gasteiger partial charge in [-0.25, -0.2) is 9.78 Å². The van der Waals surface area contributed by atoms with Gasteiger partial charge in [0.2, 0.25) is 0 Å². The number of ether oxygens (including phenoxy) is 2. The third-order valence-corrected chi connectivity index (χ3v) is 4.27. The van der Waals surface area contributed by atoms with E-state index in [1.807, 2.05) is 30.8 Å². The van der Waals surface area contributed by atoms with Crippen LogP contribution in [0.3, 0.4) is 0 Å². The predicted molar refractivity (Wildman–Crippen MR) is 111 cm³/mol. The average molecular weight is 380 g/mol. The van der Waals surface area contributed by atoms with Gasteiger partial charge in [0, 0.05) is 49.2 Å². The molecule has 0 saturated carbocycles. The van der Waals surface area contributed by atoms with E-state index in [9.17, 15) is 4.79 Å². The van der Waals surface area contributed by atoms with E-state index in [-0.39, 0.29) is 0 Å². The molecule has 0 aliphatic carbocycles. The summed E-state index contributed by atoms with van der Waals surface area (Å²) in [4.78, 5) is 21.2. The molecule has 0 atom stereocenters. The molecule has 1 aromatic carbocycles. The van der Waals surface area contributed by atoms with Gasteiger partial charge in [-0.05, 0) is 32.0 Å². The Morgan fingerprint density at radius 2 is 2.14 bits per heavy atom. The minimum absolute atomic E-state index is 0.309. The second kappa shape index (κ2) is 8.56. The first kappa shape index (κ1) is 19.4. The van der Waals surface area contributed by atoms with Gasteiger partial charge < -0.3 is 19.4 Å². The van der Waals surface area contributed by atoms with Crippen LogP contribution in [0.15, 0.2) is 41.7 Å². The fourth-order valence-electron chi connectivity index (χ4n) is 2.95. The zero-order chi connectivity index (χ0) is 20.1. The van der Waals surface area contributed by atoms with Crippen molar-refractivity contribution >= 4 is 34.6 Å². The largest absolute Gasteiger partial charge is 0.497 e. The number of methoxy groups -OCH3 is 1. The molecule has 28 heavy (non-hydrogen) atoms. The molecular weight excluding hydrogens is 356 g/mol. The zero-order valence-corrected chi connectivity index (χ0v) is 16.5. The van der Waals surface area contributed by atoms with Crippen LogP contribution in [0.5, 0.6) is 5.75 Å². The monoisotopic (exact) mass is 380 g/mol.